The molecule has 25 heavy (non-hydrogen) atoms. The van der Waals surface area contributed by atoms with Crippen LogP contribution in [0, 0.1) is 11.6 Å². The van der Waals surface area contributed by atoms with E-state index in [1.54, 1.807) is 0 Å². The molecule has 0 bridgehead atoms. The number of sulfonamides is 1. The fourth-order valence-electron chi connectivity index (χ4n) is 1.86. The third kappa shape index (κ3) is 4.13. The Balaban J connectivity index is 2.36. The van der Waals surface area contributed by atoms with Crippen molar-refractivity contribution in [2.45, 2.75) is 4.90 Å². The van der Waals surface area contributed by atoms with Crippen LogP contribution in [0.5, 0.6) is 0 Å². The Hall–Kier alpha value is -2.07. The van der Waals surface area contributed by atoms with Crippen LogP contribution in [-0.4, -0.2) is 33.0 Å². The number of nitrogens with zero attached hydrogens (tertiary/aromatic N) is 1. The average molecular weight is 391 g/mol. The Morgan fingerprint density at radius 3 is 2.44 bits per heavy atom. The van der Waals surface area contributed by atoms with Gasteiger partial charge in [-0.25, -0.2) is 17.2 Å². The van der Waals surface area contributed by atoms with Crippen LogP contribution in [-0.2, 0) is 14.9 Å². The molecule has 2 aromatic carbocycles. The quantitative estimate of drug-likeness (QED) is 0.796. The summed E-state index contributed by atoms with van der Waals surface area (Å²) in [6.07, 6.45) is 0. The maximum Gasteiger partial charge on any atom is 0.264 e. The Bertz CT molecular complexity index is 922. The number of hydrogen-bond acceptors (Lipinski definition) is 4. The van der Waals surface area contributed by atoms with Gasteiger partial charge in [0.1, 0.15) is 0 Å². The number of anilines is 1. The van der Waals surface area contributed by atoms with Crippen molar-refractivity contribution in [1.82, 2.24) is 4.47 Å². The Morgan fingerprint density at radius 2 is 1.84 bits per heavy atom. The summed E-state index contributed by atoms with van der Waals surface area (Å²) in [6, 6.07) is 6.30. The second kappa shape index (κ2) is 7.44. The molecule has 2 rings (SSSR count). The van der Waals surface area contributed by atoms with E-state index >= 15 is 0 Å². The van der Waals surface area contributed by atoms with E-state index in [-0.39, 0.29) is 21.2 Å². The molecule has 134 valence electrons. The van der Waals surface area contributed by atoms with E-state index in [4.69, 9.17) is 11.6 Å². The van der Waals surface area contributed by atoms with Crippen LogP contribution in [0.3, 0.4) is 0 Å². The first kappa shape index (κ1) is 19.3. The van der Waals surface area contributed by atoms with Gasteiger partial charge in [0.25, 0.3) is 15.9 Å². The van der Waals surface area contributed by atoms with Gasteiger partial charge in [0.05, 0.1) is 22.6 Å². The molecule has 1 N–H and O–H groups in total. The van der Waals surface area contributed by atoms with Gasteiger partial charge in [-0.05, 0) is 30.3 Å². The van der Waals surface area contributed by atoms with Crippen LogP contribution >= 0.6 is 11.6 Å². The van der Waals surface area contributed by atoms with Gasteiger partial charge in [-0.2, -0.15) is 0 Å². The predicted octanol–water partition coefficient (Wildman–Crippen LogP) is 3.05. The molecule has 1 amide bonds. The van der Waals surface area contributed by atoms with Crippen molar-refractivity contribution in [2.75, 3.05) is 19.5 Å². The number of carbonyl (C=O) groups excluding carboxylic acids is 1. The molecule has 0 saturated heterocycles. The molecule has 0 atom stereocenters. The Kier molecular flexibility index (Phi) is 5.73. The minimum atomic E-state index is -3.98. The first-order chi connectivity index (χ1) is 11.7. The van der Waals surface area contributed by atoms with E-state index in [1.807, 2.05) is 0 Å². The number of benzene rings is 2. The van der Waals surface area contributed by atoms with Crippen molar-refractivity contribution >= 4 is 33.2 Å². The van der Waals surface area contributed by atoms with Gasteiger partial charge in [0.15, 0.2) is 11.6 Å². The molecule has 0 spiro atoms. The van der Waals surface area contributed by atoms with Crippen molar-refractivity contribution in [3.8, 4) is 0 Å². The fourth-order valence-corrected chi connectivity index (χ4v) is 3.06. The summed E-state index contributed by atoms with van der Waals surface area (Å²) in [7, 11) is -1.63. The molecule has 2 aromatic rings. The summed E-state index contributed by atoms with van der Waals surface area (Å²) < 4.78 is 51.2. The molecule has 0 aliphatic rings. The highest BCUT2D eigenvalue weighted by molar-refractivity contribution is 7.89. The lowest BCUT2D eigenvalue weighted by molar-refractivity contribution is -0.0258. The van der Waals surface area contributed by atoms with Crippen molar-refractivity contribution in [3.63, 3.8) is 0 Å². The zero-order valence-corrected chi connectivity index (χ0v) is 14.7. The van der Waals surface area contributed by atoms with Crippen LogP contribution in [0.15, 0.2) is 41.3 Å². The highest BCUT2D eigenvalue weighted by atomic mass is 35.5. The number of hydrogen-bond donors (Lipinski definition) is 1. The van der Waals surface area contributed by atoms with Gasteiger partial charge < -0.3 is 5.32 Å². The largest absolute Gasteiger partial charge is 0.322 e. The highest BCUT2D eigenvalue weighted by Crippen LogP contribution is 2.24. The summed E-state index contributed by atoms with van der Waals surface area (Å²) >= 11 is 5.94. The van der Waals surface area contributed by atoms with E-state index in [2.05, 4.69) is 10.2 Å². The van der Waals surface area contributed by atoms with E-state index in [1.165, 1.54) is 26.3 Å². The third-order valence-corrected chi connectivity index (χ3v) is 5.26. The number of halogens is 3. The van der Waals surface area contributed by atoms with Crippen LogP contribution in [0.2, 0.25) is 5.02 Å². The number of carbonyl (C=O) groups is 1. The topological polar surface area (TPSA) is 75.7 Å². The van der Waals surface area contributed by atoms with Gasteiger partial charge in [-0.15, -0.1) is 0 Å². The monoisotopic (exact) mass is 390 g/mol. The SMILES string of the molecule is CON(C)S(=O)(=O)c1ccc(Cl)c(C(=O)Nc2ccc(F)c(F)c2)c1. The summed E-state index contributed by atoms with van der Waals surface area (Å²) in [5.41, 5.74) is -0.167. The van der Waals surface area contributed by atoms with Gasteiger partial charge in [-0.3, -0.25) is 9.63 Å². The lowest BCUT2D eigenvalue weighted by atomic mass is 10.2. The van der Waals surface area contributed by atoms with E-state index in [0.717, 1.165) is 24.3 Å². The summed E-state index contributed by atoms with van der Waals surface area (Å²) in [5, 5.41) is 2.30. The van der Waals surface area contributed by atoms with Gasteiger partial charge in [0.2, 0.25) is 0 Å². The van der Waals surface area contributed by atoms with Crippen molar-refractivity contribution in [1.29, 1.82) is 0 Å². The van der Waals surface area contributed by atoms with Crippen LogP contribution < -0.4 is 5.32 Å². The lowest BCUT2D eigenvalue weighted by Gasteiger charge is -2.15. The number of nitrogens with one attached hydrogen (secondary N) is 1. The van der Waals surface area contributed by atoms with Gasteiger partial charge >= 0.3 is 0 Å². The predicted molar refractivity (Wildman–Crippen MR) is 87.7 cm³/mol. The molecule has 0 fully saturated rings. The molecular weight excluding hydrogens is 378 g/mol. The smallest absolute Gasteiger partial charge is 0.264 e. The zero-order valence-electron chi connectivity index (χ0n) is 13.1. The third-order valence-electron chi connectivity index (χ3n) is 3.25. The first-order valence-electron chi connectivity index (χ1n) is 6.76. The van der Waals surface area contributed by atoms with E-state index in [0.29, 0.717) is 4.47 Å². The van der Waals surface area contributed by atoms with E-state index < -0.39 is 27.6 Å². The zero-order chi connectivity index (χ0) is 18.8. The molecule has 6 nitrogen and oxygen atoms in total. The fraction of sp³-hybridized carbons (Fsp3) is 0.133. The molecule has 0 aliphatic carbocycles. The van der Waals surface area contributed by atoms with Gasteiger partial charge in [-0.1, -0.05) is 16.1 Å². The first-order valence-corrected chi connectivity index (χ1v) is 8.57. The summed E-state index contributed by atoms with van der Waals surface area (Å²) in [4.78, 5) is 16.7. The molecule has 0 aromatic heterocycles. The minimum Gasteiger partial charge on any atom is -0.322 e. The molecule has 0 radical (unpaired) electrons. The second-order valence-corrected chi connectivity index (χ2v) is 7.16. The highest BCUT2D eigenvalue weighted by Gasteiger charge is 2.23. The Morgan fingerprint density at radius 1 is 1.16 bits per heavy atom. The molecule has 0 unspecified atom stereocenters. The molecule has 0 heterocycles. The summed E-state index contributed by atoms with van der Waals surface area (Å²) in [6.45, 7) is 0. The number of rotatable bonds is 5. The molecule has 0 aliphatic heterocycles. The molecule has 0 saturated carbocycles. The van der Waals surface area contributed by atoms with Crippen molar-refractivity contribution in [2.24, 2.45) is 0 Å². The van der Waals surface area contributed by atoms with Crippen LogP contribution in [0.25, 0.3) is 0 Å². The van der Waals surface area contributed by atoms with Crippen LogP contribution in [0.4, 0.5) is 14.5 Å². The maximum atomic E-state index is 13.2. The van der Waals surface area contributed by atoms with Crippen molar-refractivity contribution < 1.29 is 26.8 Å². The Labute approximate surface area is 148 Å². The molecular formula is C15H13ClF2N2O4S. The standard InChI is InChI=1S/C15H13ClF2N2O4S/c1-20(24-2)25(22,23)10-4-5-12(16)11(8-10)15(21)19-9-3-6-13(17)14(18)7-9/h3-8H,1-2H3,(H,19,21). The van der Waals surface area contributed by atoms with Gasteiger partial charge in [0, 0.05) is 18.8 Å². The van der Waals surface area contributed by atoms with Crippen molar-refractivity contribution in [3.05, 3.63) is 58.6 Å². The normalized spacial score (nSPS) is 11.6. The number of amides is 1. The number of hydroxylamine groups is 1. The maximum absolute atomic E-state index is 13.2. The van der Waals surface area contributed by atoms with E-state index in [9.17, 15) is 22.0 Å². The molecule has 10 heteroatoms. The average Bonchev–Trinajstić information content (AvgIpc) is 2.57. The lowest BCUT2D eigenvalue weighted by Crippen LogP contribution is -2.26. The summed E-state index contributed by atoms with van der Waals surface area (Å²) in [5.74, 6) is -2.98. The van der Waals surface area contributed by atoms with Crippen LogP contribution in [0.1, 0.15) is 10.4 Å². The second-order valence-electron chi connectivity index (χ2n) is 4.82. The minimum absolute atomic E-state index is 0.0118.